The third-order valence-electron chi connectivity index (χ3n) is 3.00. The molecule has 0 aliphatic carbocycles. The van der Waals surface area contributed by atoms with Gasteiger partial charge >= 0.3 is 18.0 Å². The highest BCUT2D eigenvalue weighted by Gasteiger charge is 2.32. The average Bonchev–Trinajstić information content (AvgIpc) is 2.60. The van der Waals surface area contributed by atoms with Crippen molar-refractivity contribution in [1.82, 2.24) is 15.7 Å². The number of benzene rings is 1. The van der Waals surface area contributed by atoms with E-state index in [4.69, 9.17) is 0 Å². The van der Waals surface area contributed by atoms with E-state index in [0.717, 1.165) is 12.3 Å². The smallest absolute Gasteiger partial charge is 0.342 e. The number of rotatable bonds is 4. The molecule has 0 aliphatic rings. The van der Waals surface area contributed by atoms with Crippen LogP contribution in [-0.2, 0) is 22.3 Å². The molecular weight excluding hydrogens is 337 g/mol. The Balaban J connectivity index is 1.91. The number of alkyl halides is 3. The Hall–Kier alpha value is -3.23. The van der Waals surface area contributed by atoms with Crippen LogP contribution in [0.5, 0.6) is 0 Å². The van der Waals surface area contributed by atoms with Crippen LogP contribution in [0.1, 0.15) is 16.8 Å². The molecule has 0 saturated carbocycles. The summed E-state index contributed by atoms with van der Waals surface area (Å²) in [6.45, 7) is 0.0354. The minimum absolute atomic E-state index is 0.0354. The molecule has 6 nitrogen and oxygen atoms in total. The van der Waals surface area contributed by atoms with E-state index in [-0.39, 0.29) is 12.1 Å². The predicted octanol–water partition coefficient (Wildman–Crippen LogP) is 1.87. The van der Waals surface area contributed by atoms with Gasteiger partial charge in [0.25, 0.3) is 0 Å². The number of aromatic nitrogens is 1. The maximum Gasteiger partial charge on any atom is 0.417 e. The first-order chi connectivity index (χ1) is 11.9. The van der Waals surface area contributed by atoms with Gasteiger partial charge in [0, 0.05) is 11.8 Å². The Morgan fingerprint density at radius 2 is 1.80 bits per heavy atom. The maximum atomic E-state index is 12.8. The lowest BCUT2D eigenvalue weighted by molar-refractivity contribution is -0.139. The number of hydrogen-bond acceptors (Lipinski definition) is 4. The van der Waals surface area contributed by atoms with Crippen molar-refractivity contribution in [3.05, 3.63) is 65.5 Å². The number of nitrogens with zero attached hydrogens (tertiary/aromatic N) is 2. The van der Waals surface area contributed by atoms with Gasteiger partial charge in [0.2, 0.25) is 0 Å². The summed E-state index contributed by atoms with van der Waals surface area (Å²) in [6, 6.07) is 9.80. The van der Waals surface area contributed by atoms with Gasteiger partial charge in [0.15, 0.2) is 0 Å². The van der Waals surface area contributed by atoms with Gasteiger partial charge in [0.05, 0.1) is 24.0 Å². The molecule has 130 valence electrons. The number of amides is 2. The fourth-order valence-corrected chi connectivity index (χ4v) is 1.83. The third kappa shape index (κ3) is 5.41. The zero-order chi connectivity index (χ0) is 18.3. The first-order valence-electron chi connectivity index (χ1n) is 7.05. The van der Waals surface area contributed by atoms with E-state index in [0.29, 0.717) is 5.69 Å². The molecule has 2 aromatic rings. The Labute approximate surface area is 140 Å². The normalized spacial score (nSPS) is 11.3. The molecule has 2 rings (SSSR count). The summed E-state index contributed by atoms with van der Waals surface area (Å²) in [4.78, 5) is 27.1. The van der Waals surface area contributed by atoms with E-state index < -0.39 is 23.6 Å². The van der Waals surface area contributed by atoms with Gasteiger partial charge in [-0.05, 0) is 18.2 Å². The van der Waals surface area contributed by atoms with Crippen molar-refractivity contribution in [2.45, 2.75) is 12.7 Å². The lowest BCUT2D eigenvalue weighted by Crippen LogP contribution is -2.37. The zero-order valence-electron chi connectivity index (χ0n) is 12.7. The van der Waals surface area contributed by atoms with Crippen molar-refractivity contribution in [1.29, 1.82) is 0 Å². The third-order valence-corrected chi connectivity index (χ3v) is 3.00. The number of hydrogen-bond donors (Lipinski definition) is 2. The van der Waals surface area contributed by atoms with Crippen LogP contribution in [0.3, 0.4) is 0 Å². The van der Waals surface area contributed by atoms with Gasteiger partial charge in [-0.2, -0.15) is 18.3 Å². The number of nitrogens with one attached hydrogen (secondary N) is 2. The van der Waals surface area contributed by atoms with Gasteiger partial charge in [0.1, 0.15) is 0 Å². The number of carbonyl (C=O) groups is 2. The van der Waals surface area contributed by atoms with Crippen LogP contribution in [0, 0.1) is 0 Å². The van der Waals surface area contributed by atoms with Crippen molar-refractivity contribution < 1.29 is 22.8 Å². The van der Waals surface area contributed by atoms with Crippen molar-refractivity contribution in [2.75, 3.05) is 0 Å². The first-order valence-corrected chi connectivity index (χ1v) is 7.05. The molecule has 0 atom stereocenters. The molecule has 2 amide bonds. The van der Waals surface area contributed by atoms with Gasteiger partial charge in [-0.25, -0.2) is 5.43 Å². The summed E-state index contributed by atoms with van der Waals surface area (Å²) in [6.07, 6.45) is -2.19. The molecule has 1 heterocycles. The molecule has 1 aromatic heterocycles. The summed E-state index contributed by atoms with van der Waals surface area (Å²) < 4.78 is 38.4. The zero-order valence-corrected chi connectivity index (χ0v) is 12.7. The number of pyridine rings is 1. The van der Waals surface area contributed by atoms with Crippen LogP contribution >= 0.6 is 0 Å². The van der Waals surface area contributed by atoms with E-state index in [1.807, 2.05) is 5.43 Å². The summed E-state index contributed by atoms with van der Waals surface area (Å²) in [5.74, 6) is -2.08. The van der Waals surface area contributed by atoms with Gasteiger partial charge in [-0.15, -0.1) is 0 Å². The summed E-state index contributed by atoms with van der Waals surface area (Å²) in [5, 5.41) is 5.71. The van der Waals surface area contributed by atoms with Gasteiger partial charge in [-0.1, -0.05) is 24.3 Å². The van der Waals surface area contributed by atoms with Crippen LogP contribution in [0.4, 0.5) is 13.2 Å². The molecule has 1 aromatic carbocycles. The van der Waals surface area contributed by atoms with Crippen LogP contribution in [0.2, 0.25) is 0 Å². The molecule has 0 unspecified atom stereocenters. The predicted molar refractivity (Wildman–Crippen MR) is 83.3 cm³/mol. The van der Waals surface area contributed by atoms with E-state index in [1.54, 1.807) is 18.2 Å². The summed E-state index contributed by atoms with van der Waals surface area (Å²) >= 11 is 0. The van der Waals surface area contributed by atoms with Crippen LogP contribution in [-0.4, -0.2) is 23.0 Å². The maximum absolute atomic E-state index is 12.8. The summed E-state index contributed by atoms with van der Waals surface area (Å²) in [7, 11) is 0. The van der Waals surface area contributed by atoms with Crippen LogP contribution in [0.25, 0.3) is 0 Å². The topological polar surface area (TPSA) is 83.5 Å². The fraction of sp³-hybridized carbons (Fsp3) is 0.125. The molecule has 9 heteroatoms. The largest absolute Gasteiger partial charge is 0.417 e. The quantitative estimate of drug-likeness (QED) is 0.502. The van der Waals surface area contributed by atoms with Crippen molar-refractivity contribution in [3.8, 4) is 0 Å². The Kier molecular flexibility index (Phi) is 5.83. The minimum Gasteiger partial charge on any atom is -0.342 e. The lowest BCUT2D eigenvalue weighted by Gasteiger charge is -2.09. The second kappa shape index (κ2) is 8.04. The SMILES string of the molecule is O=C(NCc1ccccn1)C(=O)N/N=C\c1ccccc1C(F)(F)F. The summed E-state index contributed by atoms with van der Waals surface area (Å²) in [5.41, 5.74) is 1.30. The Morgan fingerprint density at radius 3 is 2.48 bits per heavy atom. The molecule has 0 saturated heterocycles. The van der Waals surface area contributed by atoms with E-state index >= 15 is 0 Å². The van der Waals surface area contributed by atoms with Crippen LogP contribution < -0.4 is 10.7 Å². The average molecular weight is 350 g/mol. The number of carbonyl (C=O) groups excluding carboxylic acids is 2. The molecule has 0 radical (unpaired) electrons. The molecule has 25 heavy (non-hydrogen) atoms. The molecule has 0 spiro atoms. The van der Waals surface area contributed by atoms with E-state index in [9.17, 15) is 22.8 Å². The second-order valence-electron chi connectivity index (χ2n) is 4.79. The van der Waals surface area contributed by atoms with Crippen molar-refractivity contribution in [3.63, 3.8) is 0 Å². The molecular formula is C16H13F3N4O2. The van der Waals surface area contributed by atoms with Crippen LogP contribution in [0.15, 0.2) is 53.8 Å². The monoisotopic (exact) mass is 350 g/mol. The van der Waals surface area contributed by atoms with Gasteiger partial charge < -0.3 is 5.32 Å². The number of halogens is 3. The standard InChI is InChI=1S/C16H13F3N4O2/c17-16(18,19)13-7-2-1-5-11(13)9-22-23-15(25)14(24)21-10-12-6-3-4-8-20-12/h1-9H,10H2,(H,21,24)(H,23,25)/b22-9-. The van der Waals surface area contributed by atoms with Crippen molar-refractivity contribution in [2.24, 2.45) is 5.10 Å². The van der Waals surface area contributed by atoms with Gasteiger partial charge in [-0.3, -0.25) is 14.6 Å². The first kappa shape index (κ1) is 18.1. The second-order valence-corrected chi connectivity index (χ2v) is 4.79. The minimum atomic E-state index is -4.55. The lowest BCUT2D eigenvalue weighted by atomic mass is 10.1. The van der Waals surface area contributed by atoms with Crippen molar-refractivity contribution >= 4 is 18.0 Å². The van der Waals surface area contributed by atoms with E-state index in [2.05, 4.69) is 15.4 Å². The molecule has 0 bridgehead atoms. The highest BCUT2D eigenvalue weighted by atomic mass is 19.4. The number of hydrazone groups is 1. The van der Waals surface area contributed by atoms with E-state index in [1.165, 1.54) is 24.4 Å². The highest BCUT2D eigenvalue weighted by molar-refractivity contribution is 6.35. The Bertz CT molecular complexity index is 776. The Morgan fingerprint density at radius 1 is 1.08 bits per heavy atom. The fourth-order valence-electron chi connectivity index (χ4n) is 1.83. The molecule has 0 aliphatic heterocycles. The molecule has 2 N–H and O–H groups in total. The highest BCUT2D eigenvalue weighted by Crippen LogP contribution is 2.30. The molecule has 0 fully saturated rings.